The van der Waals surface area contributed by atoms with E-state index in [-0.39, 0.29) is 17.6 Å². The molecule has 0 bridgehead atoms. The van der Waals surface area contributed by atoms with Crippen molar-refractivity contribution in [1.82, 2.24) is 15.3 Å². The molecule has 1 N–H and O–H groups in total. The molecule has 1 aliphatic rings. The van der Waals surface area contributed by atoms with Crippen LogP contribution in [-0.2, 0) is 6.42 Å². The predicted octanol–water partition coefficient (Wildman–Crippen LogP) is 3.36. The molecule has 1 amide bonds. The van der Waals surface area contributed by atoms with E-state index in [1.54, 1.807) is 6.07 Å². The smallest absolute Gasteiger partial charge is 0.280 e. The Morgan fingerprint density at radius 2 is 2.09 bits per heavy atom. The highest BCUT2D eigenvalue weighted by molar-refractivity contribution is 5.92. The lowest BCUT2D eigenvalue weighted by atomic mass is 9.87. The summed E-state index contributed by atoms with van der Waals surface area (Å²) in [5.74, 6) is -0.857. The van der Waals surface area contributed by atoms with Gasteiger partial charge in [-0.2, -0.15) is 0 Å². The van der Waals surface area contributed by atoms with E-state index in [9.17, 15) is 18.0 Å². The van der Waals surface area contributed by atoms with Crippen molar-refractivity contribution < 1.29 is 18.0 Å². The monoisotopic (exact) mass is 321 g/mol. The third kappa shape index (κ3) is 3.33. The number of aryl methyl sites for hydroxylation is 1. The van der Waals surface area contributed by atoms with E-state index in [0.29, 0.717) is 6.42 Å². The number of nitrogens with one attached hydrogen (secondary N) is 1. The standard InChI is InChI=1S/C16H14F3N3O/c17-10-4-5-11-9(6-10)2-1-3-12(11)22-16(23)14-7-13(15(18)19)20-8-21-14/h4-8,12,15H,1-3H2,(H,22,23). The van der Waals surface area contributed by atoms with Gasteiger partial charge in [0.15, 0.2) is 0 Å². The fraction of sp³-hybridized carbons (Fsp3) is 0.312. The summed E-state index contributed by atoms with van der Waals surface area (Å²) < 4.78 is 38.6. The number of amides is 1. The number of fused-ring (bicyclic) bond motifs is 1. The summed E-state index contributed by atoms with van der Waals surface area (Å²) in [5.41, 5.74) is 1.12. The van der Waals surface area contributed by atoms with E-state index < -0.39 is 18.0 Å². The predicted molar refractivity (Wildman–Crippen MR) is 76.5 cm³/mol. The van der Waals surface area contributed by atoms with Crippen LogP contribution in [0.3, 0.4) is 0 Å². The summed E-state index contributed by atoms with van der Waals surface area (Å²) in [6.07, 6.45) is 0.455. The molecular weight excluding hydrogens is 307 g/mol. The molecule has 1 atom stereocenters. The topological polar surface area (TPSA) is 54.9 Å². The van der Waals surface area contributed by atoms with Gasteiger partial charge >= 0.3 is 0 Å². The zero-order valence-corrected chi connectivity index (χ0v) is 12.1. The maximum absolute atomic E-state index is 13.3. The molecule has 0 fully saturated rings. The molecule has 3 rings (SSSR count). The van der Waals surface area contributed by atoms with Crippen molar-refractivity contribution in [2.24, 2.45) is 0 Å². The number of hydrogen-bond donors (Lipinski definition) is 1. The molecule has 1 aliphatic carbocycles. The zero-order chi connectivity index (χ0) is 16.4. The van der Waals surface area contributed by atoms with Gasteiger partial charge in [0, 0.05) is 0 Å². The number of carbonyl (C=O) groups excluding carboxylic acids is 1. The number of benzene rings is 1. The fourth-order valence-corrected chi connectivity index (χ4v) is 2.78. The number of hydrogen-bond acceptors (Lipinski definition) is 3. The Bertz CT molecular complexity index is 736. The average Bonchev–Trinajstić information content (AvgIpc) is 2.54. The number of nitrogens with zero attached hydrogens (tertiary/aromatic N) is 2. The van der Waals surface area contributed by atoms with Crippen LogP contribution in [0.25, 0.3) is 0 Å². The highest BCUT2D eigenvalue weighted by atomic mass is 19.3. The first kappa shape index (κ1) is 15.5. The summed E-state index contributed by atoms with van der Waals surface area (Å²) in [7, 11) is 0. The Kier molecular flexibility index (Phi) is 4.27. The molecule has 23 heavy (non-hydrogen) atoms. The molecule has 1 aromatic heterocycles. The van der Waals surface area contributed by atoms with Gasteiger partial charge in [0.25, 0.3) is 12.3 Å². The molecule has 1 unspecified atom stereocenters. The molecule has 1 aromatic carbocycles. The summed E-state index contributed by atoms with van der Waals surface area (Å²) >= 11 is 0. The van der Waals surface area contributed by atoms with E-state index in [1.165, 1.54) is 12.1 Å². The van der Waals surface area contributed by atoms with Crippen molar-refractivity contribution in [1.29, 1.82) is 0 Å². The first-order valence-electron chi connectivity index (χ1n) is 7.24. The minimum Gasteiger partial charge on any atom is -0.344 e. The van der Waals surface area contributed by atoms with Crippen LogP contribution in [0, 0.1) is 5.82 Å². The molecule has 0 saturated heterocycles. The van der Waals surface area contributed by atoms with Crippen LogP contribution >= 0.6 is 0 Å². The molecular formula is C16H14F3N3O. The molecule has 4 nitrogen and oxygen atoms in total. The molecule has 0 aliphatic heterocycles. The van der Waals surface area contributed by atoms with Gasteiger partial charge in [-0.3, -0.25) is 4.79 Å². The van der Waals surface area contributed by atoms with Crippen LogP contribution in [0.1, 0.15) is 52.6 Å². The minimum atomic E-state index is -2.76. The van der Waals surface area contributed by atoms with Gasteiger partial charge in [0.2, 0.25) is 0 Å². The second-order valence-electron chi connectivity index (χ2n) is 5.39. The van der Waals surface area contributed by atoms with Gasteiger partial charge in [0.05, 0.1) is 6.04 Å². The molecule has 0 radical (unpaired) electrons. The second kappa shape index (κ2) is 6.36. The number of halogens is 3. The van der Waals surface area contributed by atoms with E-state index in [0.717, 1.165) is 36.4 Å². The zero-order valence-electron chi connectivity index (χ0n) is 12.1. The van der Waals surface area contributed by atoms with Crippen molar-refractivity contribution in [3.8, 4) is 0 Å². The van der Waals surface area contributed by atoms with Crippen LogP contribution in [0.4, 0.5) is 13.2 Å². The van der Waals surface area contributed by atoms with Gasteiger partial charge < -0.3 is 5.32 Å². The number of carbonyl (C=O) groups is 1. The van der Waals surface area contributed by atoms with Crippen LogP contribution in [0.2, 0.25) is 0 Å². The average molecular weight is 321 g/mol. The van der Waals surface area contributed by atoms with Crippen molar-refractivity contribution in [2.45, 2.75) is 31.7 Å². The first-order chi connectivity index (χ1) is 11.0. The first-order valence-corrected chi connectivity index (χ1v) is 7.24. The van der Waals surface area contributed by atoms with Gasteiger partial charge in [0.1, 0.15) is 23.5 Å². The Morgan fingerprint density at radius 3 is 2.87 bits per heavy atom. The van der Waals surface area contributed by atoms with Gasteiger partial charge in [-0.05, 0) is 48.6 Å². The Hall–Kier alpha value is -2.44. The normalized spacial score (nSPS) is 17.0. The van der Waals surface area contributed by atoms with Crippen molar-refractivity contribution in [3.05, 3.63) is 58.9 Å². The molecule has 7 heteroatoms. The van der Waals surface area contributed by atoms with Gasteiger partial charge in [-0.25, -0.2) is 23.1 Å². The largest absolute Gasteiger partial charge is 0.344 e. The Balaban J connectivity index is 1.80. The van der Waals surface area contributed by atoms with E-state index in [1.807, 2.05) is 0 Å². The van der Waals surface area contributed by atoms with Crippen molar-refractivity contribution >= 4 is 5.91 Å². The fourth-order valence-electron chi connectivity index (χ4n) is 2.78. The highest BCUT2D eigenvalue weighted by Gasteiger charge is 2.23. The third-order valence-corrected chi connectivity index (χ3v) is 3.87. The van der Waals surface area contributed by atoms with Gasteiger partial charge in [-0.15, -0.1) is 0 Å². The van der Waals surface area contributed by atoms with Crippen LogP contribution in [0.5, 0.6) is 0 Å². The lowest BCUT2D eigenvalue weighted by Gasteiger charge is -2.26. The van der Waals surface area contributed by atoms with E-state index >= 15 is 0 Å². The molecule has 120 valence electrons. The summed E-state index contributed by atoms with van der Waals surface area (Å²) in [5, 5.41) is 2.78. The third-order valence-electron chi connectivity index (χ3n) is 3.87. The highest BCUT2D eigenvalue weighted by Crippen LogP contribution is 2.30. The van der Waals surface area contributed by atoms with Crippen LogP contribution < -0.4 is 5.32 Å². The summed E-state index contributed by atoms with van der Waals surface area (Å²) in [6, 6.07) is 5.17. The molecule has 1 heterocycles. The maximum Gasteiger partial charge on any atom is 0.280 e. The van der Waals surface area contributed by atoms with Crippen molar-refractivity contribution in [2.75, 3.05) is 0 Å². The van der Waals surface area contributed by atoms with E-state index in [2.05, 4.69) is 15.3 Å². The minimum absolute atomic E-state index is 0.107. The summed E-state index contributed by atoms with van der Waals surface area (Å²) in [4.78, 5) is 19.4. The number of alkyl halides is 2. The quantitative estimate of drug-likeness (QED) is 0.943. The lowest BCUT2D eigenvalue weighted by molar-refractivity contribution is 0.0926. The SMILES string of the molecule is O=C(NC1CCCc2cc(F)ccc21)c1cc(C(F)F)ncn1. The second-order valence-corrected chi connectivity index (χ2v) is 5.39. The Morgan fingerprint density at radius 1 is 1.26 bits per heavy atom. The molecule has 0 saturated carbocycles. The molecule has 2 aromatic rings. The maximum atomic E-state index is 13.3. The number of aromatic nitrogens is 2. The Labute approximate surface area is 130 Å². The van der Waals surface area contributed by atoms with Crippen molar-refractivity contribution in [3.63, 3.8) is 0 Å². The molecule has 0 spiro atoms. The van der Waals surface area contributed by atoms with E-state index in [4.69, 9.17) is 0 Å². The lowest BCUT2D eigenvalue weighted by Crippen LogP contribution is -2.31. The van der Waals surface area contributed by atoms with Gasteiger partial charge in [-0.1, -0.05) is 6.07 Å². The van der Waals surface area contributed by atoms with Crippen LogP contribution in [0.15, 0.2) is 30.6 Å². The summed E-state index contributed by atoms with van der Waals surface area (Å²) in [6.45, 7) is 0. The number of rotatable bonds is 3. The van der Waals surface area contributed by atoms with Crippen LogP contribution in [-0.4, -0.2) is 15.9 Å².